The van der Waals surface area contributed by atoms with Gasteiger partial charge in [-0.25, -0.2) is 0 Å². The molecule has 0 saturated carbocycles. The van der Waals surface area contributed by atoms with E-state index in [1.165, 1.54) is 18.2 Å². The normalized spacial score (nSPS) is 15.9. The van der Waals surface area contributed by atoms with Crippen LogP contribution in [0.1, 0.15) is 11.1 Å². The van der Waals surface area contributed by atoms with E-state index in [-0.39, 0.29) is 5.69 Å². The van der Waals surface area contributed by atoms with E-state index in [0.717, 1.165) is 38.4 Å². The van der Waals surface area contributed by atoms with E-state index >= 15 is 0 Å². The minimum Gasteiger partial charge on any atom is -0.379 e. The van der Waals surface area contributed by atoms with Gasteiger partial charge >= 0.3 is 0 Å². The fraction of sp³-hybridized carbons (Fsp3) is 0.462. The summed E-state index contributed by atoms with van der Waals surface area (Å²) in [4.78, 5) is 12.6. The average Bonchev–Trinajstić information content (AvgIpc) is 2.45. The summed E-state index contributed by atoms with van der Waals surface area (Å²) in [5, 5.41) is 19.8. The Labute approximate surface area is 111 Å². The maximum absolute atomic E-state index is 10.8. The predicted molar refractivity (Wildman–Crippen MR) is 68.8 cm³/mol. The lowest BCUT2D eigenvalue weighted by molar-refractivity contribution is -0.384. The van der Waals surface area contributed by atoms with Crippen LogP contribution in [0.4, 0.5) is 5.69 Å². The van der Waals surface area contributed by atoms with Crippen molar-refractivity contribution in [2.75, 3.05) is 32.8 Å². The minimum atomic E-state index is -0.431. The number of nitro groups is 1. The molecule has 0 aromatic heterocycles. The van der Waals surface area contributed by atoms with Gasteiger partial charge in [0.2, 0.25) is 0 Å². The summed E-state index contributed by atoms with van der Waals surface area (Å²) in [6.45, 7) is 3.98. The van der Waals surface area contributed by atoms with E-state index in [0.29, 0.717) is 12.0 Å². The molecule has 1 saturated heterocycles. The molecule has 0 atom stereocenters. The number of benzene rings is 1. The van der Waals surface area contributed by atoms with Gasteiger partial charge in [-0.2, -0.15) is 5.26 Å². The zero-order valence-electron chi connectivity index (χ0n) is 10.5. The van der Waals surface area contributed by atoms with Gasteiger partial charge in [-0.15, -0.1) is 0 Å². The Morgan fingerprint density at radius 3 is 2.79 bits per heavy atom. The van der Waals surface area contributed by atoms with Gasteiger partial charge in [-0.1, -0.05) is 0 Å². The van der Waals surface area contributed by atoms with Crippen LogP contribution >= 0.6 is 0 Å². The van der Waals surface area contributed by atoms with Gasteiger partial charge in [0.15, 0.2) is 0 Å². The molecule has 6 nitrogen and oxygen atoms in total. The third-order valence-electron chi connectivity index (χ3n) is 3.22. The van der Waals surface area contributed by atoms with Crippen molar-refractivity contribution < 1.29 is 9.66 Å². The predicted octanol–water partition coefficient (Wildman–Crippen LogP) is 1.34. The number of ether oxygens (including phenoxy) is 1. The van der Waals surface area contributed by atoms with Crippen LogP contribution in [-0.2, 0) is 11.2 Å². The summed E-state index contributed by atoms with van der Waals surface area (Å²) in [6.07, 6.45) is 0.643. The molecule has 1 heterocycles. The van der Waals surface area contributed by atoms with Gasteiger partial charge < -0.3 is 4.74 Å². The Balaban J connectivity index is 2.07. The Morgan fingerprint density at radius 2 is 2.16 bits per heavy atom. The minimum absolute atomic E-state index is 0.0379. The molecule has 0 unspecified atom stereocenters. The molecule has 1 aliphatic heterocycles. The molecular weight excluding hydrogens is 246 g/mol. The first-order valence-electron chi connectivity index (χ1n) is 6.18. The van der Waals surface area contributed by atoms with Crippen molar-refractivity contribution in [2.45, 2.75) is 6.42 Å². The van der Waals surface area contributed by atoms with Crippen molar-refractivity contribution in [1.29, 1.82) is 5.26 Å². The number of morpholine rings is 1. The molecule has 1 fully saturated rings. The van der Waals surface area contributed by atoms with Crippen LogP contribution in [0.5, 0.6) is 0 Å². The zero-order chi connectivity index (χ0) is 13.7. The van der Waals surface area contributed by atoms with Crippen LogP contribution in [0.3, 0.4) is 0 Å². The molecule has 100 valence electrons. The van der Waals surface area contributed by atoms with E-state index < -0.39 is 4.92 Å². The molecule has 1 aromatic carbocycles. The molecule has 1 aliphatic rings. The number of non-ortho nitro benzene ring substituents is 1. The monoisotopic (exact) mass is 261 g/mol. The summed E-state index contributed by atoms with van der Waals surface area (Å²) in [5.41, 5.74) is 1.29. The highest BCUT2D eigenvalue weighted by atomic mass is 16.6. The molecule has 0 spiro atoms. The van der Waals surface area contributed by atoms with Crippen LogP contribution in [0.15, 0.2) is 18.2 Å². The number of hydrogen-bond acceptors (Lipinski definition) is 5. The molecule has 0 aliphatic carbocycles. The van der Waals surface area contributed by atoms with E-state index in [1.807, 2.05) is 0 Å². The van der Waals surface area contributed by atoms with Crippen molar-refractivity contribution in [1.82, 2.24) is 4.90 Å². The van der Waals surface area contributed by atoms with Gasteiger partial charge in [0.25, 0.3) is 5.69 Å². The molecule has 6 heteroatoms. The van der Waals surface area contributed by atoms with Gasteiger partial charge in [0.1, 0.15) is 0 Å². The van der Waals surface area contributed by atoms with Crippen molar-refractivity contribution in [3.8, 4) is 6.07 Å². The first kappa shape index (κ1) is 13.5. The summed E-state index contributed by atoms with van der Waals surface area (Å²) < 4.78 is 5.26. The van der Waals surface area contributed by atoms with E-state index in [4.69, 9.17) is 10.00 Å². The highest BCUT2D eigenvalue weighted by Gasteiger charge is 2.14. The average molecular weight is 261 g/mol. The molecular formula is C13H15N3O3. The highest BCUT2D eigenvalue weighted by Crippen LogP contribution is 2.18. The van der Waals surface area contributed by atoms with E-state index in [2.05, 4.69) is 11.0 Å². The lowest BCUT2D eigenvalue weighted by Gasteiger charge is -2.26. The van der Waals surface area contributed by atoms with Crippen molar-refractivity contribution in [3.63, 3.8) is 0 Å². The standard InChI is InChI=1S/C13H15N3O3/c14-10-12-1-2-13(16(17)18)9-11(12)3-4-15-5-7-19-8-6-15/h1-2,9H,3-8H2. The van der Waals surface area contributed by atoms with E-state index in [9.17, 15) is 10.1 Å². The molecule has 0 N–H and O–H groups in total. The SMILES string of the molecule is N#Cc1ccc([N+](=O)[O-])cc1CCN1CCOCC1. The summed E-state index contributed by atoms with van der Waals surface area (Å²) in [7, 11) is 0. The summed E-state index contributed by atoms with van der Waals surface area (Å²) in [6, 6.07) is 6.48. The Hall–Kier alpha value is -1.97. The van der Waals surface area contributed by atoms with Gasteiger partial charge in [0, 0.05) is 31.8 Å². The molecule has 1 aromatic rings. The van der Waals surface area contributed by atoms with Gasteiger partial charge in [-0.05, 0) is 18.1 Å². The van der Waals surface area contributed by atoms with Crippen LogP contribution in [0.2, 0.25) is 0 Å². The second-order valence-electron chi connectivity index (χ2n) is 4.41. The van der Waals surface area contributed by atoms with Crippen LogP contribution in [0, 0.1) is 21.4 Å². The third kappa shape index (κ3) is 3.50. The summed E-state index contributed by atoms with van der Waals surface area (Å²) in [5.74, 6) is 0. The largest absolute Gasteiger partial charge is 0.379 e. The lowest BCUT2D eigenvalue weighted by atomic mass is 10.0. The van der Waals surface area contributed by atoms with Crippen molar-refractivity contribution >= 4 is 5.69 Å². The van der Waals surface area contributed by atoms with Crippen LogP contribution in [0.25, 0.3) is 0 Å². The fourth-order valence-corrected chi connectivity index (χ4v) is 2.11. The Bertz CT molecular complexity index is 504. The Morgan fingerprint density at radius 1 is 1.42 bits per heavy atom. The van der Waals surface area contributed by atoms with Crippen LogP contribution in [-0.4, -0.2) is 42.7 Å². The third-order valence-corrected chi connectivity index (χ3v) is 3.22. The van der Waals surface area contributed by atoms with Crippen molar-refractivity contribution in [3.05, 3.63) is 39.4 Å². The zero-order valence-corrected chi connectivity index (χ0v) is 10.5. The number of nitriles is 1. The van der Waals surface area contributed by atoms with Crippen LogP contribution < -0.4 is 0 Å². The molecule has 0 amide bonds. The number of nitrogens with zero attached hydrogens (tertiary/aromatic N) is 3. The summed E-state index contributed by atoms with van der Waals surface area (Å²) >= 11 is 0. The fourth-order valence-electron chi connectivity index (χ4n) is 2.11. The maximum atomic E-state index is 10.8. The first-order valence-corrected chi connectivity index (χ1v) is 6.18. The first-order chi connectivity index (χ1) is 9.20. The highest BCUT2D eigenvalue weighted by molar-refractivity contribution is 5.45. The second kappa shape index (κ2) is 6.27. The van der Waals surface area contributed by atoms with Gasteiger partial charge in [-0.3, -0.25) is 15.0 Å². The molecule has 19 heavy (non-hydrogen) atoms. The quantitative estimate of drug-likeness (QED) is 0.603. The smallest absolute Gasteiger partial charge is 0.269 e. The molecule has 2 rings (SSSR count). The second-order valence-corrected chi connectivity index (χ2v) is 4.41. The van der Waals surface area contributed by atoms with E-state index in [1.54, 1.807) is 0 Å². The number of hydrogen-bond donors (Lipinski definition) is 0. The molecule has 0 radical (unpaired) electrons. The topological polar surface area (TPSA) is 79.4 Å². The van der Waals surface area contributed by atoms with Gasteiger partial charge in [0.05, 0.1) is 29.8 Å². The number of nitro benzene ring substituents is 1. The van der Waals surface area contributed by atoms with Crippen molar-refractivity contribution in [2.24, 2.45) is 0 Å². The molecule has 0 bridgehead atoms. The Kier molecular flexibility index (Phi) is 4.44. The number of rotatable bonds is 4. The lowest BCUT2D eigenvalue weighted by Crippen LogP contribution is -2.37. The maximum Gasteiger partial charge on any atom is 0.269 e.